The Bertz CT molecular complexity index is 567. The van der Waals surface area contributed by atoms with Gasteiger partial charge in [0.15, 0.2) is 0 Å². The monoisotopic (exact) mass is 283 g/mol. The third-order valence-electron chi connectivity index (χ3n) is 4.12. The molecule has 4 nitrogen and oxygen atoms in total. The Labute approximate surface area is 125 Å². The van der Waals surface area contributed by atoms with Crippen LogP contribution in [0.2, 0.25) is 0 Å². The summed E-state index contributed by atoms with van der Waals surface area (Å²) < 4.78 is 1.92. The van der Waals surface area contributed by atoms with Crippen LogP contribution in [0.3, 0.4) is 0 Å². The number of carbonyl (C=O) groups excluding carboxylic acids is 1. The van der Waals surface area contributed by atoms with E-state index in [2.05, 4.69) is 10.3 Å². The lowest BCUT2D eigenvalue weighted by Gasteiger charge is -2.16. The minimum Gasteiger partial charge on any atom is -0.349 e. The standard InChI is InChI=1S/C17H21N3O/c21-17(19-15-5-3-1-2-4-6-15)14-7-9-16(10-8-14)20-12-11-18-13-20/h7-13,15H,1-6H2,(H,19,21). The van der Waals surface area contributed by atoms with Crippen molar-refractivity contribution < 1.29 is 4.79 Å². The lowest BCUT2D eigenvalue weighted by atomic mass is 10.1. The molecule has 0 unspecified atom stereocenters. The molecule has 1 amide bonds. The molecule has 1 aliphatic carbocycles. The summed E-state index contributed by atoms with van der Waals surface area (Å²) in [5.74, 6) is 0.0408. The highest BCUT2D eigenvalue weighted by Crippen LogP contribution is 2.18. The number of amides is 1. The first kappa shape index (κ1) is 13.9. The Kier molecular flexibility index (Phi) is 4.34. The minimum atomic E-state index is 0.0408. The summed E-state index contributed by atoms with van der Waals surface area (Å²) >= 11 is 0. The van der Waals surface area contributed by atoms with Crippen LogP contribution < -0.4 is 5.32 Å². The van der Waals surface area contributed by atoms with E-state index in [9.17, 15) is 4.79 Å². The number of nitrogens with one attached hydrogen (secondary N) is 1. The smallest absolute Gasteiger partial charge is 0.251 e. The van der Waals surface area contributed by atoms with Crippen molar-refractivity contribution in [3.63, 3.8) is 0 Å². The number of carbonyl (C=O) groups is 1. The van der Waals surface area contributed by atoms with Gasteiger partial charge in [0.1, 0.15) is 0 Å². The number of nitrogens with zero attached hydrogens (tertiary/aromatic N) is 2. The SMILES string of the molecule is O=C(NC1CCCCCC1)c1ccc(-n2ccnc2)cc1. The molecule has 0 bridgehead atoms. The Balaban J connectivity index is 1.64. The summed E-state index contributed by atoms with van der Waals surface area (Å²) in [6.45, 7) is 0. The second-order valence-electron chi connectivity index (χ2n) is 5.68. The van der Waals surface area contributed by atoms with Crippen molar-refractivity contribution in [2.45, 2.75) is 44.6 Å². The van der Waals surface area contributed by atoms with E-state index >= 15 is 0 Å². The van der Waals surface area contributed by atoms with Crippen LogP contribution in [-0.2, 0) is 0 Å². The van der Waals surface area contributed by atoms with E-state index in [0.29, 0.717) is 6.04 Å². The second kappa shape index (κ2) is 6.57. The van der Waals surface area contributed by atoms with E-state index in [1.54, 1.807) is 12.5 Å². The molecule has 21 heavy (non-hydrogen) atoms. The molecule has 0 spiro atoms. The molecule has 1 fully saturated rings. The normalized spacial score (nSPS) is 16.4. The van der Waals surface area contributed by atoms with Gasteiger partial charge in [-0.15, -0.1) is 0 Å². The Morgan fingerprint density at radius 1 is 1.10 bits per heavy atom. The average Bonchev–Trinajstić information content (AvgIpc) is 2.93. The third kappa shape index (κ3) is 3.51. The first-order chi connectivity index (χ1) is 10.3. The predicted octanol–water partition coefficient (Wildman–Crippen LogP) is 3.32. The fraction of sp³-hybridized carbons (Fsp3) is 0.412. The molecule has 3 rings (SSSR count). The molecule has 1 saturated carbocycles. The molecular formula is C17H21N3O. The van der Waals surface area contributed by atoms with Crippen LogP contribution >= 0.6 is 0 Å². The molecule has 110 valence electrons. The predicted molar refractivity (Wildman–Crippen MR) is 82.5 cm³/mol. The van der Waals surface area contributed by atoms with Gasteiger partial charge in [0, 0.05) is 29.7 Å². The lowest BCUT2D eigenvalue weighted by molar-refractivity contribution is 0.0933. The Morgan fingerprint density at radius 2 is 1.81 bits per heavy atom. The first-order valence-corrected chi connectivity index (χ1v) is 7.72. The van der Waals surface area contributed by atoms with Crippen molar-refractivity contribution in [3.8, 4) is 5.69 Å². The molecule has 1 aromatic carbocycles. The third-order valence-corrected chi connectivity index (χ3v) is 4.12. The molecule has 1 heterocycles. The zero-order valence-electron chi connectivity index (χ0n) is 12.2. The Hall–Kier alpha value is -2.10. The van der Waals surface area contributed by atoms with Crippen molar-refractivity contribution in [1.82, 2.24) is 14.9 Å². The number of hydrogen-bond donors (Lipinski definition) is 1. The maximum absolute atomic E-state index is 12.3. The van der Waals surface area contributed by atoms with Crippen LogP contribution in [0.25, 0.3) is 5.69 Å². The summed E-state index contributed by atoms with van der Waals surface area (Å²) in [5.41, 5.74) is 1.74. The van der Waals surface area contributed by atoms with Crippen molar-refractivity contribution >= 4 is 5.91 Å². The topological polar surface area (TPSA) is 46.9 Å². The van der Waals surface area contributed by atoms with Crippen LogP contribution in [0.5, 0.6) is 0 Å². The number of rotatable bonds is 3. The maximum Gasteiger partial charge on any atom is 0.251 e. The summed E-state index contributed by atoms with van der Waals surface area (Å²) in [7, 11) is 0. The van der Waals surface area contributed by atoms with Crippen LogP contribution in [0, 0.1) is 0 Å². The van der Waals surface area contributed by atoms with E-state index in [1.165, 1.54) is 25.7 Å². The van der Waals surface area contributed by atoms with Gasteiger partial charge < -0.3 is 9.88 Å². The summed E-state index contributed by atoms with van der Waals surface area (Å²) in [4.78, 5) is 16.3. The van der Waals surface area contributed by atoms with Crippen LogP contribution in [0.1, 0.15) is 48.9 Å². The molecule has 1 aromatic heterocycles. The average molecular weight is 283 g/mol. The molecule has 1 aliphatic rings. The van der Waals surface area contributed by atoms with Crippen LogP contribution in [-0.4, -0.2) is 21.5 Å². The van der Waals surface area contributed by atoms with Gasteiger partial charge >= 0.3 is 0 Å². The van der Waals surface area contributed by atoms with Gasteiger partial charge in [0.05, 0.1) is 6.33 Å². The quantitative estimate of drug-likeness (QED) is 0.878. The van der Waals surface area contributed by atoms with Crippen molar-refractivity contribution in [2.75, 3.05) is 0 Å². The summed E-state index contributed by atoms with van der Waals surface area (Å²) in [6, 6.07) is 7.99. The molecule has 1 N–H and O–H groups in total. The van der Waals surface area contributed by atoms with Gasteiger partial charge in [0.25, 0.3) is 5.91 Å². The highest BCUT2D eigenvalue weighted by Gasteiger charge is 2.15. The van der Waals surface area contributed by atoms with Crippen molar-refractivity contribution in [1.29, 1.82) is 0 Å². The highest BCUT2D eigenvalue weighted by molar-refractivity contribution is 5.94. The molecule has 4 heteroatoms. The zero-order chi connectivity index (χ0) is 14.5. The number of aromatic nitrogens is 2. The van der Waals surface area contributed by atoms with Gasteiger partial charge in [0.2, 0.25) is 0 Å². The Morgan fingerprint density at radius 3 is 2.43 bits per heavy atom. The van der Waals surface area contributed by atoms with Gasteiger partial charge in [-0.05, 0) is 37.1 Å². The highest BCUT2D eigenvalue weighted by atomic mass is 16.1. The van der Waals surface area contributed by atoms with E-state index in [-0.39, 0.29) is 5.91 Å². The molecule has 0 radical (unpaired) electrons. The largest absolute Gasteiger partial charge is 0.349 e. The maximum atomic E-state index is 12.3. The van der Waals surface area contributed by atoms with Gasteiger partial charge in [-0.2, -0.15) is 0 Å². The van der Waals surface area contributed by atoms with Crippen molar-refractivity contribution in [2.24, 2.45) is 0 Å². The minimum absolute atomic E-state index is 0.0408. The van der Waals surface area contributed by atoms with Crippen LogP contribution in [0.4, 0.5) is 0 Å². The fourth-order valence-electron chi connectivity index (χ4n) is 2.89. The summed E-state index contributed by atoms with van der Waals surface area (Å²) in [5, 5.41) is 3.17. The van der Waals surface area contributed by atoms with Crippen LogP contribution in [0.15, 0.2) is 43.0 Å². The lowest BCUT2D eigenvalue weighted by Crippen LogP contribution is -2.34. The number of imidazole rings is 1. The molecule has 0 aliphatic heterocycles. The van der Waals surface area contributed by atoms with Gasteiger partial charge in [-0.25, -0.2) is 4.98 Å². The van der Waals surface area contributed by atoms with Gasteiger partial charge in [-0.1, -0.05) is 25.7 Å². The summed E-state index contributed by atoms with van der Waals surface area (Å²) in [6.07, 6.45) is 12.7. The van der Waals surface area contributed by atoms with E-state index in [1.807, 2.05) is 35.0 Å². The fourth-order valence-corrected chi connectivity index (χ4v) is 2.89. The molecule has 0 atom stereocenters. The molecule has 2 aromatic rings. The number of hydrogen-bond acceptors (Lipinski definition) is 2. The van der Waals surface area contributed by atoms with E-state index in [0.717, 1.165) is 24.1 Å². The molecule has 0 saturated heterocycles. The van der Waals surface area contributed by atoms with Gasteiger partial charge in [-0.3, -0.25) is 4.79 Å². The first-order valence-electron chi connectivity index (χ1n) is 7.72. The number of benzene rings is 1. The van der Waals surface area contributed by atoms with E-state index < -0.39 is 0 Å². The second-order valence-corrected chi connectivity index (χ2v) is 5.68. The van der Waals surface area contributed by atoms with Crippen molar-refractivity contribution in [3.05, 3.63) is 48.5 Å². The molecular weight excluding hydrogens is 262 g/mol. The van der Waals surface area contributed by atoms with E-state index in [4.69, 9.17) is 0 Å². The zero-order valence-corrected chi connectivity index (χ0v) is 12.2.